The second-order valence-electron chi connectivity index (χ2n) is 9.82. The number of carbonyl (C=O) groups is 1. The first-order chi connectivity index (χ1) is 15.0. The number of piperazine rings is 1. The van der Waals surface area contributed by atoms with Gasteiger partial charge in [0.1, 0.15) is 0 Å². The number of nitrogens with zero attached hydrogens (tertiary/aromatic N) is 3. The molecule has 32 heavy (non-hydrogen) atoms. The van der Waals surface area contributed by atoms with Crippen molar-refractivity contribution in [2.75, 3.05) is 43.4 Å². The number of halogens is 2. The van der Waals surface area contributed by atoms with Crippen LogP contribution in [0.5, 0.6) is 5.75 Å². The molecule has 0 spiro atoms. The van der Waals surface area contributed by atoms with Gasteiger partial charge < -0.3 is 25.4 Å². The number of aryl methyl sites for hydroxylation is 1. The van der Waals surface area contributed by atoms with Crippen molar-refractivity contribution < 1.29 is 23.4 Å². The molecule has 0 bridgehead atoms. The predicted octanol–water partition coefficient (Wildman–Crippen LogP) is 4.11. The number of ether oxygens (including phenoxy) is 1. The quantitative estimate of drug-likeness (QED) is 0.652. The van der Waals surface area contributed by atoms with Crippen molar-refractivity contribution in [1.82, 2.24) is 9.80 Å². The molecule has 0 radical (unpaired) electrons. The van der Waals surface area contributed by atoms with Crippen LogP contribution in [0, 0.1) is 5.41 Å². The first-order valence-electron chi connectivity index (χ1n) is 11.4. The largest absolute Gasteiger partial charge is 0.465 e. The summed E-state index contributed by atoms with van der Waals surface area (Å²) in [5.74, 6) is 0.0205. The summed E-state index contributed by atoms with van der Waals surface area (Å²) in [6.45, 7) is 8.96. The Bertz CT molecular complexity index is 807. The lowest BCUT2D eigenvalue weighted by molar-refractivity contribution is -0.0493. The van der Waals surface area contributed by atoms with Crippen LogP contribution in [0.25, 0.3) is 0 Å². The van der Waals surface area contributed by atoms with Gasteiger partial charge in [-0.2, -0.15) is 8.78 Å². The third-order valence-corrected chi connectivity index (χ3v) is 6.79. The predicted molar refractivity (Wildman–Crippen MR) is 122 cm³/mol. The smallest absolute Gasteiger partial charge is 0.407 e. The second kappa shape index (κ2) is 9.68. The fraction of sp³-hybridized carbons (Fsp3) is 0.696. The zero-order valence-electron chi connectivity index (χ0n) is 19.5. The van der Waals surface area contributed by atoms with Gasteiger partial charge in [0.25, 0.3) is 0 Å². The molecule has 9 heteroatoms. The minimum absolute atomic E-state index is 0.0205. The van der Waals surface area contributed by atoms with E-state index in [0.29, 0.717) is 12.6 Å². The zero-order valence-corrected chi connectivity index (χ0v) is 19.5. The average molecular weight is 455 g/mol. The minimum Gasteiger partial charge on any atom is -0.465 e. The van der Waals surface area contributed by atoms with Crippen LogP contribution in [0.1, 0.15) is 46.1 Å². The van der Waals surface area contributed by atoms with E-state index < -0.39 is 12.7 Å². The van der Waals surface area contributed by atoms with E-state index in [1.54, 1.807) is 17.0 Å². The standard InChI is InChI=1S/C23H36F2N4O3/c1-5-15-12-17(26)19(32-21(24)25)13-18(15)27-8-6-16(7-9-27)28-10-11-29(22(30)31)20(14-28)23(2,3)4/h12-13,16,20-21H,5-11,14,26H2,1-4H3,(H,30,31). The number of rotatable bonds is 5. The van der Waals surface area contributed by atoms with Crippen LogP contribution in [-0.2, 0) is 6.42 Å². The van der Waals surface area contributed by atoms with Crippen LogP contribution < -0.4 is 15.4 Å². The van der Waals surface area contributed by atoms with Crippen LogP contribution >= 0.6 is 0 Å². The number of anilines is 2. The summed E-state index contributed by atoms with van der Waals surface area (Å²) in [6, 6.07) is 3.70. The van der Waals surface area contributed by atoms with Crippen molar-refractivity contribution in [1.29, 1.82) is 0 Å². The normalized spacial score (nSPS) is 21.3. The maximum absolute atomic E-state index is 12.8. The minimum atomic E-state index is -2.91. The number of carboxylic acid groups (broad SMARTS) is 1. The summed E-state index contributed by atoms with van der Waals surface area (Å²) in [7, 11) is 0. The molecule has 2 fully saturated rings. The Kier molecular flexibility index (Phi) is 7.37. The lowest BCUT2D eigenvalue weighted by atomic mass is 9.83. The summed E-state index contributed by atoms with van der Waals surface area (Å²) >= 11 is 0. The second-order valence-corrected chi connectivity index (χ2v) is 9.82. The summed E-state index contributed by atoms with van der Waals surface area (Å²) < 4.78 is 30.2. The molecule has 2 aliphatic heterocycles. The lowest BCUT2D eigenvalue weighted by Gasteiger charge is -2.49. The van der Waals surface area contributed by atoms with Crippen LogP contribution in [0.15, 0.2) is 12.1 Å². The SMILES string of the molecule is CCc1cc(N)c(OC(F)F)cc1N1CCC(N2CCN(C(=O)O)C(C(C)(C)C)C2)CC1. The van der Waals surface area contributed by atoms with Crippen molar-refractivity contribution in [2.45, 2.75) is 65.7 Å². The van der Waals surface area contributed by atoms with Gasteiger partial charge in [-0.05, 0) is 36.3 Å². The van der Waals surface area contributed by atoms with E-state index in [1.807, 2.05) is 6.92 Å². The van der Waals surface area contributed by atoms with E-state index in [2.05, 4.69) is 35.3 Å². The number of alkyl halides is 2. The highest BCUT2D eigenvalue weighted by molar-refractivity contribution is 5.67. The molecule has 2 aliphatic rings. The van der Waals surface area contributed by atoms with Gasteiger partial charge in [-0.1, -0.05) is 27.7 Å². The van der Waals surface area contributed by atoms with E-state index >= 15 is 0 Å². The molecule has 0 aliphatic carbocycles. The molecule has 1 aromatic carbocycles. The highest BCUT2D eigenvalue weighted by Gasteiger charge is 2.40. The highest BCUT2D eigenvalue weighted by Crippen LogP contribution is 2.36. The monoisotopic (exact) mass is 454 g/mol. The van der Waals surface area contributed by atoms with Crippen LogP contribution in [0.3, 0.4) is 0 Å². The Morgan fingerprint density at radius 1 is 1.22 bits per heavy atom. The summed E-state index contributed by atoms with van der Waals surface area (Å²) in [5, 5.41) is 9.61. The first kappa shape index (κ1) is 24.4. The Morgan fingerprint density at radius 3 is 2.41 bits per heavy atom. The van der Waals surface area contributed by atoms with Crippen LogP contribution in [0.4, 0.5) is 25.0 Å². The fourth-order valence-corrected chi connectivity index (χ4v) is 4.99. The zero-order chi connectivity index (χ0) is 23.6. The van der Waals surface area contributed by atoms with E-state index in [4.69, 9.17) is 5.73 Å². The van der Waals surface area contributed by atoms with Gasteiger partial charge >= 0.3 is 12.7 Å². The number of amides is 1. The molecule has 3 rings (SSSR count). The molecule has 0 saturated carbocycles. The number of hydrogen-bond acceptors (Lipinski definition) is 5. The van der Waals surface area contributed by atoms with Crippen LogP contribution in [0.2, 0.25) is 0 Å². The molecule has 180 valence electrons. The Hall–Kier alpha value is -2.29. The summed E-state index contributed by atoms with van der Waals surface area (Å²) in [5.41, 5.74) is 7.92. The van der Waals surface area contributed by atoms with E-state index in [-0.39, 0.29) is 22.9 Å². The van der Waals surface area contributed by atoms with Gasteiger partial charge in [0.05, 0.1) is 11.7 Å². The van der Waals surface area contributed by atoms with Crippen molar-refractivity contribution in [2.24, 2.45) is 5.41 Å². The Morgan fingerprint density at radius 2 is 1.88 bits per heavy atom. The van der Waals surface area contributed by atoms with Gasteiger partial charge in [0, 0.05) is 50.5 Å². The molecule has 2 heterocycles. The molecule has 1 aromatic rings. The first-order valence-corrected chi connectivity index (χ1v) is 11.4. The molecule has 1 amide bonds. The number of nitrogens with two attached hydrogens (primary N) is 1. The maximum atomic E-state index is 12.8. The van der Waals surface area contributed by atoms with E-state index in [0.717, 1.165) is 56.7 Å². The Balaban J connectivity index is 1.69. The molecule has 1 unspecified atom stereocenters. The molecule has 0 aromatic heterocycles. The molecular formula is C23H36F2N4O3. The van der Waals surface area contributed by atoms with E-state index in [1.165, 1.54) is 0 Å². The maximum Gasteiger partial charge on any atom is 0.407 e. The van der Waals surface area contributed by atoms with Gasteiger partial charge in [0.2, 0.25) is 0 Å². The molecule has 3 N–H and O–H groups in total. The van der Waals surface area contributed by atoms with Gasteiger partial charge in [-0.15, -0.1) is 0 Å². The highest BCUT2D eigenvalue weighted by atomic mass is 19.3. The summed E-state index contributed by atoms with van der Waals surface area (Å²) in [6.07, 6.45) is 1.76. The van der Waals surface area contributed by atoms with E-state index in [9.17, 15) is 18.7 Å². The third-order valence-electron chi connectivity index (χ3n) is 6.79. The number of piperidine rings is 1. The van der Waals surface area contributed by atoms with Crippen molar-refractivity contribution in [3.8, 4) is 5.75 Å². The summed E-state index contributed by atoms with van der Waals surface area (Å²) in [4.78, 5) is 17.9. The Labute approximate surface area is 189 Å². The number of benzene rings is 1. The fourth-order valence-electron chi connectivity index (χ4n) is 4.99. The third kappa shape index (κ3) is 5.36. The van der Waals surface area contributed by atoms with Crippen molar-refractivity contribution >= 4 is 17.5 Å². The average Bonchev–Trinajstić information content (AvgIpc) is 2.73. The number of nitrogen functional groups attached to an aromatic ring is 1. The molecule has 7 nitrogen and oxygen atoms in total. The van der Waals surface area contributed by atoms with Gasteiger partial charge in [-0.25, -0.2) is 4.79 Å². The molecule has 2 saturated heterocycles. The van der Waals surface area contributed by atoms with Gasteiger partial charge in [0.15, 0.2) is 5.75 Å². The van der Waals surface area contributed by atoms with Gasteiger partial charge in [-0.3, -0.25) is 4.90 Å². The molecule has 1 atom stereocenters. The number of hydrogen-bond donors (Lipinski definition) is 2. The molecular weight excluding hydrogens is 418 g/mol. The van der Waals surface area contributed by atoms with Crippen molar-refractivity contribution in [3.05, 3.63) is 17.7 Å². The van der Waals surface area contributed by atoms with Crippen molar-refractivity contribution in [3.63, 3.8) is 0 Å². The topological polar surface area (TPSA) is 82.3 Å². The van der Waals surface area contributed by atoms with Crippen LogP contribution in [-0.4, -0.2) is 72.4 Å². The lowest BCUT2D eigenvalue weighted by Crippen LogP contribution is -2.62.